The van der Waals surface area contributed by atoms with Gasteiger partial charge in [-0.2, -0.15) is 0 Å². The lowest BCUT2D eigenvalue weighted by Crippen LogP contribution is -2.44. The molecular weight excluding hydrogens is 376 g/mol. The molecule has 0 radical (unpaired) electrons. The van der Waals surface area contributed by atoms with Crippen LogP contribution in [0.25, 0.3) is 0 Å². The van der Waals surface area contributed by atoms with Crippen LogP contribution in [-0.4, -0.2) is 72.9 Å². The molecule has 2 aliphatic heterocycles. The molecule has 2 aliphatic rings. The lowest BCUT2D eigenvalue weighted by atomic mass is 10.0. The highest BCUT2D eigenvalue weighted by molar-refractivity contribution is 6.21. The summed E-state index contributed by atoms with van der Waals surface area (Å²) in [5, 5.41) is 0. The van der Waals surface area contributed by atoms with E-state index >= 15 is 0 Å². The molecule has 3 amide bonds. The van der Waals surface area contributed by atoms with E-state index in [1.807, 2.05) is 6.92 Å². The Kier molecular flexibility index (Phi) is 6.64. The van der Waals surface area contributed by atoms with Gasteiger partial charge in [0.2, 0.25) is 0 Å². The van der Waals surface area contributed by atoms with Crippen LogP contribution in [0.5, 0.6) is 0 Å². The number of hydrogen-bond acceptors (Lipinski definition) is 6. The third kappa shape index (κ3) is 4.48. The molecule has 0 unspecified atom stereocenters. The van der Waals surface area contributed by atoms with Gasteiger partial charge < -0.3 is 14.4 Å². The molecule has 0 N–H and O–H groups in total. The Labute approximate surface area is 169 Å². The maximum Gasteiger partial charge on any atom is 0.338 e. The zero-order valence-electron chi connectivity index (χ0n) is 16.8. The number of esters is 1. The first-order valence-electron chi connectivity index (χ1n) is 9.89. The molecule has 8 nitrogen and oxygen atoms in total. The predicted molar refractivity (Wildman–Crippen MR) is 104 cm³/mol. The normalized spacial score (nSPS) is 18.8. The maximum atomic E-state index is 12.5. The molecule has 3 rings (SSSR count). The lowest BCUT2D eigenvalue weighted by molar-refractivity contribution is -0.137. The van der Waals surface area contributed by atoms with Crippen molar-refractivity contribution in [3.63, 3.8) is 0 Å². The van der Waals surface area contributed by atoms with Crippen LogP contribution in [-0.2, 0) is 14.3 Å². The van der Waals surface area contributed by atoms with Crippen LogP contribution in [0.1, 0.15) is 63.7 Å². The van der Waals surface area contributed by atoms with Crippen molar-refractivity contribution in [3.05, 3.63) is 34.9 Å². The minimum Gasteiger partial charge on any atom is -0.452 e. The minimum absolute atomic E-state index is 0.141. The zero-order valence-corrected chi connectivity index (χ0v) is 16.8. The second-order valence-electron chi connectivity index (χ2n) is 7.38. The van der Waals surface area contributed by atoms with Gasteiger partial charge in [-0.25, -0.2) is 4.79 Å². The summed E-state index contributed by atoms with van der Waals surface area (Å²) in [7, 11) is 1.55. The van der Waals surface area contributed by atoms with E-state index in [1.54, 1.807) is 12.0 Å². The third-order valence-electron chi connectivity index (χ3n) is 5.39. The molecule has 8 heteroatoms. The number of nitrogens with zero attached hydrogens (tertiary/aromatic N) is 2. The van der Waals surface area contributed by atoms with E-state index in [2.05, 4.69) is 0 Å². The lowest BCUT2D eigenvalue weighted by Gasteiger charge is -2.33. The van der Waals surface area contributed by atoms with E-state index in [4.69, 9.17) is 9.47 Å². The smallest absolute Gasteiger partial charge is 0.338 e. The van der Waals surface area contributed by atoms with Gasteiger partial charge in [0.1, 0.15) is 0 Å². The molecule has 1 atom stereocenters. The molecule has 0 saturated carbocycles. The first-order chi connectivity index (χ1) is 13.9. The van der Waals surface area contributed by atoms with Gasteiger partial charge in [-0.3, -0.25) is 19.3 Å². The fraction of sp³-hybridized carbons (Fsp3) is 0.524. The van der Waals surface area contributed by atoms with Gasteiger partial charge in [-0.15, -0.1) is 0 Å². The number of imide groups is 1. The summed E-state index contributed by atoms with van der Waals surface area (Å²) in [5.74, 6) is -1.73. The average Bonchev–Trinajstić information content (AvgIpc) is 2.96. The Morgan fingerprint density at radius 1 is 1.14 bits per heavy atom. The number of likely N-dealkylation sites (tertiary alicyclic amines) is 1. The molecule has 1 fully saturated rings. The van der Waals surface area contributed by atoms with Gasteiger partial charge in [0.15, 0.2) is 6.61 Å². The second kappa shape index (κ2) is 9.17. The fourth-order valence-corrected chi connectivity index (χ4v) is 3.75. The van der Waals surface area contributed by atoms with Crippen molar-refractivity contribution in [1.29, 1.82) is 0 Å². The molecule has 156 valence electrons. The first-order valence-corrected chi connectivity index (χ1v) is 9.89. The van der Waals surface area contributed by atoms with Gasteiger partial charge in [-0.1, -0.05) is 0 Å². The van der Waals surface area contributed by atoms with Crippen molar-refractivity contribution < 1.29 is 28.7 Å². The van der Waals surface area contributed by atoms with E-state index < -0.39 is 11.9 Å². The summed E-state index contributed by atoms with van der Waals surface area (Å²) >= 11 is 0. The predicted octanol–water partition coefficient (Wildman–Crippen LogP) is 1.88. The standard InChI is InChI=1S/C21H26N2O6/c1-14-6-3-4-9-22(14)18(24)13-29-21(27)15-7-8-16-17(12-15)20(26)23(19(16)25)10-5-11-28-2/h7-8,12,14H,3-6,9-11,13H2,1-2H3/t14-/m1/s1. The highest BCUT2D eigenvalue weighted by Gasteiger charge is 2.35. The van der Waals surface area contributed by atoms with E-state index in [9.17, 15) is 19.2 Å². The van der Waals surface area contributed by atoms with Crippen LogP contribution >= 0.6 is 0 Å². The highest BCUT2D eigenvalue weighted by Crippen LogP contribution is 2.24. The van der Waals surface area contributed by atoms with Crippen LogP contribution in [0, 0.1) is 0 Å². The van der Waals surface area contributed by atoms with Crippen molar-refractivity contribution in [2.45, 2.75) is 38.6 Å². The topological polar surface area (TPSA) is 93.2 Å². The Balaban J connectivity index is 1.63. The van der Waals surface area contributed by atoms with Crippen molar-refractivity contribution in [2.24, 2.45) is 0 Å². The van der Waals surface area contributed by atoms with Crippen molar-refractivity contribution >= 4 is 23.7 Å². The highest BCUT2D eigenvalue weighted by atomic mass is 16.5. The molecule has 0 aliphatic carbocycles. The van der Waals surface area contributed by atoms with Gasteiger partial charge in [-0.05, 0) is 50.8 Å². The summed E-state index contributed by atoms with van der Waals surface area (Å²) in [6.07, 6.45) is 3.52. The average molecular weight is 402 g/mol. The zero-order chi connectivity index (χ0) is 21.0. The quantitative estimate of drug-likeness (QED) is 0.393. The Bertz CT molecular complexity index is 821. The van der Waals surface area contributed by atoms with Gasteiger partial charge in [0.05, 0.1) is 16.7 Å². The fourth-order valence-electron chi connectivity index (χ4n) is 3.75. The molecule has 1 aromatic rings. The Hall–Kier alpha value is -2.74. The maximum absolute atomic E-state index is 12.5. The van der Waals surface area contributed by atoms with Crippen LogP contribution < -0.4 is 0 Å². The SMILES string of the molecule is COCCCN1C(=O)c2ccc(C(=O)OCC(=O)N3CCCC[C@H]3C)cc2C1=O. The van der Waals surface area contributed by atoms with E-state index in [1.165, 1.54) is 18.2 Å². The summed E-state index contributed by atoms with van der Waals surface area (Å²) in [4.78, 5) is 52.5. The van der Waals surface area contributed by atoms with E-state index in [-0.39, 0.29) is 47.7 Å². The van der Waals surface area contributed by atoms with Crippen LogP contribution in [0.15, 0.2) is 18.2 Å². The van der Waals surface area contributed by atoms with E-state index in [0.29, 0.717) is 19.6 Å². The van der Waals surface area contributed by atoms with Gasteiger partial charge in [0.25, 0.3) is 17.7 Å². The van der Waals surface area contributed by atoms with Gasteiger partial charge >= 0.3 is 5.97 Å². The second-order valence-corrected chi connectivity index (χ2v) is 7.38. The number of carbonyl (C=O) groups excluding carboxylic acids is 4. The minimum atomic E-state index is -0.691. The molecule has 0 bridgehead atoms. The molecule has 0 aromatic heterocycles. The molecule has 0 spiro atoms. The van der Waals surface area contributed by atoms with E-state index in [0.717, 1.165) is 24.2 Å². The van der Waals surface area contributed by atoms with Crippen LogP contribution in [0.3, 0.4) is 0 Å². The summed E-state index contributed by atoms with van der Waals surface area (Å²) in [6, 6.07) is 4.40. The number of fused-ring (bicyclic) bond motifs is 1. The first kappa shape index (κ1) is 21.0. The number of piperidine rings is 1. The Morgan fingerprint density at radius 2 is 1.90 bits per heavy atom. The molecular formula is C21H26N2O6. The largest absolute Gasteiger partial charge is 0.452 e. The number of carbonyl (C=O) groups is 4. The van der Waals surface area contributed by atoms with Crippen molar-refractivity contribution in [2.75, 3.05) is 33.4 Å². The number of ether oxygens (including phenoxy) is 2. The monoisotopic (exact) mass is 402 g/mol. The number of rotatable bonds is 7. The molecule has 1 saturated heterocycles. The molecule has 2 heterocycles. The number of benzene rings is 1. The van der Waals surface area contributed by atoms with Crippen molar-refractivity contribution in [3.8, 4) is 0 Å². The summed E-state index contributed by atoms with van der Waals surface area (Å²) < 4.78 is 10.1. The molecule has 29 heavy (non-hydrogen) atoms. The number of amides is 3. The van der Waals surface area contributed by atoms with Gasteiger partial charge in [0, 0.05) is 32.8 Å². The number of methoxy groups -OCH3 is 1. The van der Waals surface area contributed by atoms with Crippen molar-refractivity contribution in [1.82, 2.24) is 9.80 Å². The van der Waals surface area contributed by atoms with Crippen LogP contribution in [0.2, 0.25) is 0 Å². The summed E-state index contributed by atoms with van der Waals surface area (Å²) in [6.45, 7) is 3.01. The molecule has 1 aromatic carbocycles. The summed E-state index contributed by atoms with van der Waals surface area (Å²) in [5.41, 5.74) is 0.586. The van der Waals surface area contributed by atoms with Crippen LogP contribution in [0.4, 0.5) is 0 Å². The third-order valence-corrected chi connectivity index (χ3v) is 5.39. The Morgan fingerprint density at radius 3 is 2.62 bits per heavy atom. The number of hydrogen-bond donors (Lipinski definition) is 0.